The molecule has 0 heterocycles. The van der Waals surface area contributed by atoms with Gasteiger partial charge in [-0.1, -0.05) is 191 Å². The Morgan fingerprint density at radius 1 is 0.473 bits per heavy atom. The highest BCUT2D eigenvalue weighted by Gasteiger charge is 2.24. The molecule has 0 atom stereocenters. The molecule has 0 amide bonds. The van der Waals surface area contributed by atoms with E-state index in [0.29, 0.717) is 0 Å². The second-order valence-corrected chi connectivity index (χ2v) is 14.3. The monoisotopic (exact) mass is 724 g/mol. The van der Waals surface area contributed by atoms with E-state index >= 15 is 0 Å². The Hall–Kier alpha value is -6.15. The first-order valence-electron chi connectivity index (χ1n) is 19.3. The lowest BCUT2D eigenvalue weighted by molar-refractivity contribution is 0.945. The largest absolute Gasteiger partial charge is 0.143 e. The summed E-state index contributed by atoms with van der Waals surface area (Å²) in [6.45, 7) is 12.1. The van der Waals surface area contributed by atoms with Gasteiger partial charge >= 0.3 is 0 Å². The molecular weight excluding hydrogens is 681 g/mol. The first kappa shape index (κ1) is 35.9. The molecule has 0 N–H and O–H groups in total. The molecule has 9 rings (SSSR count). The fourth-order valence-corrected chi connectivity index (χ4v) is 8.67. The van der Waals surface area contributed by atoms with Crippen LogP contribution >= 0.6 is 12.6 Å². The summed E-state index contributed by atoms with van der Waals surface area (Å²) in [5.41, 5.74) is 15.1. The van der Waals surface area contributed by atoms with Crippen LogP contribution in [0, 0.1) is 0 Å². The van der Waals surface area contributed by atoms with Crippen molar-refractivity contribution in [3.05, 3.63) is 205 Å². The number of rotatable bonds is 7. The predicted molar refractivity (Wildman–Crippen MR) is 244 cm³/mol. The van der Waals surface area contributed by atoms with Gasteiger partial charge in [0.2, 0.25) is 0 Å². The minimum Gasteiger partial charge on any atom is -0.143 e. The smallest absolute Gasteiger partial charge is 0.00404 e. The molecule has 266 valence electrons. The summed E-state index contributed by atoms with van der Waals surface area (Å²) in [4.78, 5) is 0.963. The summed E-state index contributed by atoms with van der Waals surface area (Å²) >= 11 is 4.57. The van der Waals surface area contributed by atoms with Gasteiger partial charge in [0.1, 0.15) is 0 Å². The van der Waals surface area contributed by atoms with Gasteiger partial charge in [0, 0.05) is 4.90 Å². The van der Waals surface area contributed by atoms with Crippen molar-refractivity contribution >= 4 is 51.0 Å². The van der Waals surface area contributed by atoms with Crippen LogP contribution in [-0.4, -0.2) is 0 Å². The van der Waals surface area contributed by atoms with Gasteiger partial charge in [0.05, 0.1) is 0 Å². The predicted octanol–water partition coefficient (Wildman–Crippen LogP) is 15.8. The van der Waals surface area contributed by atoms with E-state index in [-0.39, 0.29) is 0 Å². The zero-order chi connectivity index (χ0) is 37.9. The molecule has 0 saturated carbocycles. The average Bonchev–Trinajstić information content (AvgIpc) is 3.25. The van der Waals surface area contributed by atoms with Crippen molar-refractivity contribution in [3.8, 4) is 44.5 Å². The standard InChI is InChI=1S/C52H38S.C2H6/c1-3-14-34(4-2)39-29-32-47-48(33-39)52(35-15-6-5-7-16-35)46-22-13-12-21-45(46)51(47)37-25-23-36(24-26-37)49-41-17-8-10-19-43(41)50(38-27-30-40(53)31-28-38)44-20-11-9-18-42(44)49;1-2/h3-28,30-31,33,53H,1-2,29,32H2;1-2H3/b34-14+;. The van der Waals surface area contributed by atoms with Crippen LogP contribution in [0.25, 0.3) is 82.9 Å². The van der Waals surface area contributed by atoms with E-state index in [0.717, 1.165) is 23.3 Å². The highest BCUT2D eigenvalue weighted by molar-refractivity contribution is 7.80. The third-order valence-electron chi connectivity index (χ3n) is 10.8. The molecule has 8 aromatic rings. The number of allylic oxidation sites excluding steroid dienone is 5. The van der Waals surface area contributed by atoms with Gasteiger partial charge in [-0.2, -0.15) is 0 Å². The Bertz CT molecular complexity index is 2720. The fourth-order valence-electron chi connectivity index (χ4n) is 8.53. The summed E-state index contributed by atoms with van der Waals surface area (Å²) in [7, 11) is 0. The minimum atomic E-state index is 0.941. The van der Waals surface area contributed by atoms with Crippen LogP contribution < -0.4 is 0 Å². The van der Waals surface area contributed by atoms with Gasteiger partial charge in [-0.25, -0.2) is 0 Å². The van der Waals surface area contributed by atoms with Gasteiger partial charge in [-0.3, -0.25) is 0 Å². The highest BCUT2D eigenvalue weighted by atomic mass is 32.1. The molecule has 0 unspecified atom stereocenters. The SMILES string of the molecule is C=C/C=C(\C=C)C1=Cc2c(c(-c3ccc(-c4c5ccccc5c(-c5ccc(S)cc5)c5ccccc45)cc3)c3ccccc3c2-c2ccccc2)CC1.CC. The molecule has 0 radical (unpaired) electrons. The Balaban J connectivity index is 0.00000210. The number of thiol groups is 1. The van der Waals surface area contributed by atoms with Gasteiger partial charge in [0.15, 0.2) is 0 Å². The van der Waals surface area contributed by atoms with E-state index in [4.69, 9.17) is 0 Å². The van der Waals surface area contributed by atoms with Crippen LogP contribution in [0.5, 0.6) is 0 Å². The van der Waals surface area contributed by atoms with Crippen LogP contribution in [0.2, 0.25) is 0 Å². The lowest BCUT2D eigenvalue weighted by atomic mass is 9.77. The van der Waals surface area contributed by atoms with Crippen LogP contribution in [0.3, 0.4) is 0 Å². The third kappa shape index (κ3) is 6.45. The lowest BCUT2D eigenvalue weighted by Gasteiger charge is -2.26. The summed E-state index contributed by atoms with van der Waals surface area (Å²) in [5, 5.41) is 7.55. The Labute approximate surface area is 330 Å². The van der Waals surface area contributed by atoms with Crippen molar-refractivity contribution in [2.24, 2.45) is 0 Å². The second-order valence-electron chi connectivity index (χ2n) is 13.8. The molecule has 0 bridgehead atoms. The summed E-state index contributed by atoms with van der Waals surface area (Å²) in [6, 6.07) is 55.4. The topological polar surface area (TPSA) is 0 Å². The van der Waals surface area contributed by atoms with Crippen molar-refractivity contribution in [1.29, 1.82) is 0 Å². The quantitative estimate of drug-likeness (QED) is 0.0944. The Kier molecular flexibility index (Phi) is 10.2. The Morgan fingerprint density at radius 2 is 0.873 bits per heavy atom. The van der Waals surface area contributed by atoms with E-state index in [2.05, 4.69) is 190 Å². The number of benzene rings is 8. The first-order chi connectivity index (χ1) is 27.1. The van der Waals surface area contributed by atoms with Crippen LogP contribution in [0.1, 0.15) is 31.4 Å². The summed E-state index contributed by atoms with van der Waals surface area (Å²) < 4.78 is 0. The molecule has 0 saturated heterocycles. The number of fused-ring (bicyclic) bond motifs is 4. The maximum Gasteiger partial charge on any atom is 0.00404 e. The maximum absolute atomic E-state index is 4.57. The molecule has 1 aliphatic rings. The van der Waals surface area contributed by atoms with Crippen LogP contribution in [0.15, 0.2) is 199 Å². The van der Waals surface area contributed by atoms with Crippen molar-refractivity contribution in [2.45, 2.75) is 31.6 Å². The highest BCUT2D eigenvalue weighted by Crippen LogP contribution is 2.48. The number of hydrogen-bond acceptors (Lipinski definition) is 1. The maximum atomic E-state index is 4.57. The molecule has 0 aromatic heterocycles. The molecule has 0 spiro atoms. The first-order valence-corrected chi connectivity index (χ1v) is 19.7. The molecule has 0 aliphatic heterocycles. The van der Waals surface area contributed by atoms with Gasteiger partial charge in [-0.05, 0) is 124 Å². The van der Waals surface area contributed by atoms with Crippen molar-refractivity contribution in [2.75, 3.05) is 0 Å². The van der Waals surface area contributed by atoms with Crippen molar-refractivity contribution in [3.63, 3.8) is 0 Å². The molecule has 0 fully saturated rings. The normalized spacial score (nSPS) is 12.5. The van der Waals surface area contributed by atoms with Gasteiger partial charge in [-0.15, -0.1) is 12.6 Å². The fraction of sp³-hybridized carbons (Fsp3) is 0.0741. The van der Waals surface area contributed by atoms with E-state index in [9.17, 15) is 0 Å². The van der Waals surface area contributed by atoms with E-state index in [1.165, 1.54) is 93.5 Å². The molecular formula is C54H44S. The van der Waals surface area contributed by atoms with E-state index in [1.807, 2.05) is 26.0 Å². The van der Waals surface area contributed by atoms with Crippen molar-refractivity contribution < 1.29 is 0 Å². The second kappa shape index (κ2) is 15.7. The van der Waals surface area contributed by atoms with Crippen LogP contribution in [0.4, 0.5) is 0 Å². The third-order valence-corrected chi connectivity index (χ3v) is 11.1. The Morgan fingerprint density at radius 3 is 1.35 bits per heavy atom. The number of hydrogen-bond donors (Lipinski definition) is 1. The zero-order valence-corrected chi connectivity index (χ0v) is 32.4. The van der Waals surface area contributed by atoms with Crippen molar-refractivity contribution in [1.82, 2.24) is 0 Å². The minimum absolute atomic E-state index is 0.941. The molecule has 8 aromatic carbocycles. The molecule has 1 heteroatoms. The van der Waals surface area contributed by atoms with Gasteiger partial charge in [0.25, 0.3) is 0 Å². The zero-order valence-electron chi connectivity index (χ0n) is 31.5. The van der Waals surface area contributed by atoms with E-state index < -0.39 is 0 Å². The lowest BCUT2D eigenvalue weighted by Crippen LogP contribution is -2.06. The average molecular weight is 725 g/mol. The summed E-state index contributed by atoms with van der Waals surface area (Å²) in [5.74, 6) is 0. The van der Waals surface area contributed by atoms with E-state index in [1.54, 1.807) is 0 Å². The summed E-state index contributed by atoms with van der Waals surface area (Å²) in [6.07, 6.45) is 10.2. The molecule has 0 nitrogen and oxygen atoms in total. The van der Waals surface area contributed by atoms with Gasteiger partial charge < -0.3 is 0 Å². The molecule has 55 heavy (non-hydrogen) atoms. The van der Waals surface area contributed by atoms with Crippen LogP contribution in [-0.2, 0) is 6.42 Å². The molecule has 1 aliphatic carbocycles.